The van der Waals surface area contributed by atoms with Gasteiger partial charge in [-0.15, -0.1) is 0 Å². The molecule has 0 amide bonds. The summed E-state index contributed by atoms with van der Waals surface area (Å²) in [7, 11) is 0. The van der Waals surface area contributed by atoms with E-state index in [0.717, 1.165) is 122 Å². The Balaban J connectivity index is 5.38. The summed E-state index contributed by atoms with van der Waals surface area (Å²) in [6.07, 6.45) is 22.5. The molecule has 0 heterocycles. The maximum absolute atomic E-state index is 12.9. The van der Waals surface area contributed by atoms with Gasteiger partial charge in [-0.2, -0.15) is 0 Å². The van der Waals surface area contributed by atoms with Crippen LogP contribution in [-0.2, 0) is 23.6 Å². The quantitative estimate of drug-likeness (QED) is 0.0614. The van der Waals surface area contributed by atoms with Crippen molar-refractivity contribution in [2.75, 3.05) is 0 Å². The molecule has 6 nitrogen and oxygen atoms in total. The van der Waals surface area contributed by atoms with Gasteiger partial charge in [0, 0.05) is 0 Å². The van der Waals surface area contributed by atoms with Gasteiger partial charge in [0.15, 0.2) is 0 Å². The van der Waals surface area contributed by atoms with Gasteiger partial charge in [0.05, 0.1) is 0 Å². The Labute approximate surface area is 246 Å². The van der Waals surface area contributed by atoms with Crippen molar-refractivity contribution in [3.63, 3.8) is 0 Å². The third-order valence-corrected chi connectivity index (χ3v) is 14.5. The van der Waals surface area contributed by atoms with Crippen LogP contribution in [0.4, 0.5) is 0 Å². The van der Waals surface area contributed by atoms with Crippen LogP contribution in [0, 0.1) is 0 Å². The molecule has 0 radical (unpaired) electrons. The van der Waals surface area contributed by atoms with Crippen molar-refractivity contribution in [3.8, 4) is 0 Å². The monoisotopic (exact) mass is 662 g/mol. The first kappa shape index (κ1) is 38.2. The number of rotatable bonds is 28. The summed E-state index contributed by atoms with van der Waals surface area (Å²) in [6.45, 7) is 8.67. The fourth-order valence-electron chi connectivity index (χ4n) is 4.63. The molecule has 0 bridgehead atoms. The molecule has 230 valence electrons. The van der Waals surface area contributed by atoms with E-state index >= 15 is 0 Å². The minimum absolute atomic E-state index is 0.280. The Kier molecular flexibility index (Phi) is 26.8. The second-order valence-electron chi connectivity index (χ2n) is 11.1. The molecule has 0 spiro atoms. The summed E-state index contributed by atoms with van der Waals surface area (Å²) in [5.41, 5.74) is 0. The molecule has 0 fully saturated rings. The number of carbonyl (C=O) groups is 3. The third kappa shape index (κ3) is 23.6. The van der Waals surface area contributed by atoms with Crippen LogP contribution in [0.15, 0.2) is 0 Å². The van der Waals surface area contributed by atoms with E-state index in [1.54, 1.807) is 0 Å². The molecule has 0 aromatic heterocycles. The Morgan fingerprint density at radius 2 is 0.641 bits per heavy atom. The SMILES string of the molecule is CCCCCCC[CH2][Sn]([O]C(=O)CCCCCCC)([O]C(=O)CCCCCCC)[O]C(=O)CCCCCCC. The normalized spacial score (nSPS) is 11.4. The predicted octanol–water partition coefficient (Wildman–Crippen LogP) is 10.00. The van der Waals surface area contributed by atoms with Crippen molar-refractivity contribution in [2.24, 2.45) is 0 Å². The van der Waals surface area contributed by atoms with Crippen molar-refractivity contribution in [1.82, 2.24) is 0 Å². The third-order valence-electron chi connectivity index (χ3n) is 7.10. The van der Waals surface area contributed by atoms with Crippen molar-refractivity contribution in [2.45, 2.75) is 186 Å². The van der Waals surface area contributed by atoms with E-state index < -0.39 is 19.6 Å². The van der Waals surface area contributed by atoms with Crippen LogP contribution in [-0.4, -0.2) is 37.5 Å². The molecule has 0 aliphatic rings. The van der Waals surface area contributed by atoms with E-state index in [0.29, 0.717) is 4.44 Å². The molecule has 0 N–H and O–H groups in total. The van der Waals surface area contributed by atoms with Crippen LogP contribution in [0.25, 0.3) is 0 Å². The number of unbranched alkanes of at least 4 members (excludes halogenated alkanes) is 17. The molecule has 39 heavy (non-hydrogen) atoms. The molecule has 0 aliphatic heterocycles. The van der Waals surface area contributed by atoms with Crippen LogP contribution in [0.2, 0.25) is 4.44 Å². The Hall–Kier alpha value is -0.791. The predicted molar refractivity (Wildman–Crippen MR) is 162 cm³/mol. The molecule has 0 atom stereocenters. The fourth-order valence-corrected chi connectivity index (χ4v) is 11.7. The van der Waals surface area contributed by atoms with Crippen LogP contribution < -0.4 is 0 Å². The molecular weight excluding hydrogens is 599 g/mol. The first-order valence-electron chi connectivity index (χ1n) is 16.6. The zero-order chi connectivity index (χ0) is 29.0. The standard InChI is InChI=1S/3C8H16O2.C8H17.Sn/c3*1-2-3-4-5-6-7-8(9)10;1-3-5-7-8-6-4-2;/h3*2-7H2,1H3,(H,9,10);1,3-8H2,2H3;/q;;;;+3/p-3. The topological polar surface area (TPSA) is 78.9 Å². The van der Waals surface area contributed by atoms with E-state index in [-0.39, 0.29) is 37.2 Å². The summed E-state index contributed by atoms with van der Waals surface area (Å²) in [5.74, 6) is -1.13. The molecular formula is C32H62O6Sn. The zero-order valence-electron chi connectivity index (χ0n) is 26.1. The first-order valence-corrected chi connectivity index (χ1v) is 22.1. The summed E-state index contributed by atoms with van der Waals surface area (Å²) in [6, 6.07) is 0. The van der Waals surface area contributed by atoms with Crippen LogP contribution in [0.5, 0.6) is 0 Å². The second-order valence-corrected chi connectivity index (χ2v) is 18.2. The fraction of sp³-hybridized carbons (Fsp3) is 0.906. The van der Waals surface area contributed by atoms with E-state index in [9.17, 15) is 14.4 Å². The molecule has 0 saturated heterocycles. The molecule has 0 rings (SSSR count). The van der Waals surface area contributed by atoms with Crippen LogP contribution in [0.3, 0.4) is 0 Å². The van der Waals surface area contributed by atoms with E-state index in [2.05, 4.69) is 27.7 Å². The molecule has 0 unspecified atom stereocenters. The van der Waals surface area contributed by atoms with Gasteiger partial charge in [-0.05, 0) is 0 Å². The minimum atomic E-state index is -4.79. The average Bonchev–Trinajstić information content (AvgIpc) is 2.90. The van der Waals surface area contributed by atoms with Gasteiger partial charge in [0.1, 0.15) is 0 Å². The molecule has 0 aromatic rings. The van der Waals surface area contributed by atoms with Gasteiger partial charge in [0.25, 0.3) is 0 Å². The van der Waals surface area contributed by atoms with Crippen LogP contribution in [0.1, 0.15) is 182 Å². The summed E-state index contributed by atoms with van der Waals surface area (Å²) < 4.78 is 18.4. The van der Waals surface area contributed by atoms with Crippen molar-refractivity contribution in [1.29, 1.82) is 0 Å². The second kappa shape index (κ2) is 27.4. The Bertz CT molecular complexity index is 540. The van der Waals surface area contributed by atoms with E-state index in [1.807, 2.05) is 0 Å². The number of hydrogen-bond donors (Lipinski definition) is 0. The zero-order valence-corrected chi connectivity index (χ0v) is 29.0. The van der Waals surface area contributed by atoms with Gasteiger partial charge >= 0.3 is 247 Å². The summed E-state index contributed by atoms with van der Waals surface area (Å²) in [5, 5.41) is 0. The van der Waals surface area contributed by atoms with Gasteiger partial charge < -0.3 is 0 Å². The van der Waals surface area contributed by atoms with Crippen molar-refractivity contribution < 1.29 is 23.6 Å². The average molecular weight is 662 g/mol. The van der Waals surface area contributed by atoms with Crippen molar-refractivity contribution in [3.05, 3.63) is 0 Å². The Morgan fingerprint density at radius 3 is 0.949 bits per heavy atom. The van der Waals surface area contributed by atoms with E-state index in [4.69, 9.17) is 9.22 Å². The van der Waals surface area contributed by atoms with Crippen LogP contribution >= 0.6 is 0 Å². The maximum atomic E-state index is 12.9. The molecule has 7 heteroatoms. The number of hydrogen-bond acceptors (Lipinski definition) is 6. The molecule has 0 saturated carbocycles. The van der Waals surface area contributed by atoms with Gasteiger partial charge in [-0.1, -0.05) is 0 Å². The Morgan fingerprint density at radius 1 is 0.385 bits per heavy atom. The molecule has 0 aromatic carbocycles. The van der Waals surface area contributed by atoms with E-state index in [1.165, 1.54) is 12.8 Å². The summed E-state index contributed by atoms with van der Waals surface area (Å²) >= 11 is -4.79. The number of carbonyl (C=O) groups excluding carboxylic acids is 3. The first-order chi connectivity index (χ1) is 18.9. The summed E-state index contributed by atoms with van der Waals surface area (Å²) in [4.78, 5) is 38.8. The molecule has 0 aliphatic carbocycles. The van der Waals surface area contributed by atoms with Gasteiger partial charge in [-0.25, -0.2) is 0 Å². The van der Waals surface area contributed by atoms with Gasteiger partial charge in [-0.3, -0.25) is 0 Å². The van der Waals surface area contributed by atoms with Gasteiger partial charge in [0.2, 0.25) is 0 Å². The van der Waals surface area contributed by atoms with Crippen molar-refractivity contribution >= 4 is 37.5 Å².